The van der Waals surface area contributed by atoms with Gasteiger partial charge < -0.3 is 0 Å². The van der Waals surface area contributed by atoms with Crippen LogP contribution in [-0.2, 0) is 6.42 Å². The molecule has 1 aromatic rings. The van der Waals surface area contributed by atoms with Gasteiger partial charge >= 0.3 is 0 Å². The molecule has 0 N–H and O–H groups in total. The highest BCUT2D eigenvalue weighted by atomic mass is 79.9. The third kappa shape index (κ3) is 3.81. The maximum atomic E-state index is 13.6. The van der Waals surface area contributed by atoms with Gasteiger partial charge in [0.2, 0.25) is 0 Å². The highest BCUT2D eigenvalue weighted by Gasteiger charge is 2.13. The maximum absolute atomic E-state index is 13.6. The third-order valence-electron chi connectivity index (χ3n) is 2.45. The van der Waals surface area contributed by atoms with Gasteiger partial charge in [-0.15, -0.1) is 0 Å². The fourth-order valence-electron chi connectivity index (χ4n) is 1.56. The van der Waals surface area contributed by atoms with Gasteiger partial charge in [0.1, 0.15) is 11.6 Å². The highest BCUT2D eigenvalue weighted by molar-refractivity contribution is 9.10. The van der Waals surface area contributed by atoms with E-state index in [4.69, 9.17) is 0 Å². The predicted molar refractivity (Wildman–Crippen MR) is 70.0 cm³/mol. The summed E-state index contributed by atoms with van der Waals surface area (Å²) in [4.78, 5) is 0.329. The van der Waals surface area contributed by atoms with E-state index in [1.54, 1.807) is 0 Å². The molecule has 0 radical (unpaired) electrons. The second kappa shape index (κ2) is 6.70. The van der Waals surface area contributed by atoms with Crippen molar-refractivity contribution < 1.29 is 8.78 Å². The van der Waals surface area contributed by atoms with Crippen LogP contribution >= 0.6 is 31.9 Å². The molecule has 0 nitrogen and oxygen atoms in total. The molecule has 1 atom stereocenters. The van der Waals surface area contributed by atoms with Crippen LogP contribution in [0.4, 0.5) is 8.78 Å². The fraction of sp³-hybridized carbons (Fsp3) is 0.500. The van der Waals surface area contributed by atoms with Crippen LogP contribution in [0.2, 0.25) is 0 Å². The molecule has 0 heterocycles. The Bertz CT molecular complexity index is 353. The standard InChI is InChI=1S/C12H14Br2F2/c1-2-3-8(13)4-5-9-11(15)7-6-10(14)12(9)16/h6-8H,2-5H2,1H3. The van der Waals surface area contributed by atoms with Crippen LogP contribution in [-0.4, -0.2) is 4.83 Å². The van der Waals surface area contributed by atoms with Crippen molar-refractivity contribution in [2.24, 2.45) is 0 Å². The van der Waals surface area contributed by atoms with E-state index in [1.807, 2.05) is 0 Å². The second-order valence-electron chi connectivity index (χ2n) is 3.75. The molecular weight excluding hydrogens is 342 g/mol. The summed E-state index contributed by atoms with van der Waals surface area (Å²) in [5.74, 6) is -0.937. The topological polar surface area (TPSA) is 0 Å². The van der Waals surface area contributed by atoms with E-state index in [9.17, 15) is 8.78 Å². The van der Waals surface area contributed by atoms with E-state index < -0.39 is 11.6 Å². The van der Waals surface area contributed by atoms with Gasteiger partial charge in [0.25, 0.3) is 0 Å². The first-order valence-electron chi connectivity index (χ1n) is 5.32. The molecule has 0 spiro atoms. The van der Waals surface area contributed by atoms with Gasteiger partial charge in [0, 0.05) is 10.4 Å². The molecule has 1 aromatic carbocycles. The summed E-state index contributed by atoms with van der Waals surface area (Å²) in [6.07, 6.45) is 3.27. The van der Waals surface area contributed by atoms with E-state index in [1.165, 1.54) is 12.1 Å². The van der Waals surface area contributed by atoms with Crippen LogP contribution in [0.15, 0.2) is 16.6 Å². The lowest BCUT2D eigenvalue weighted by Crippen LogP contribution is -2.03. The fourth-order valence-corrected chi connectivity index (χ4v) is 2.61. The molecule has 0 aliphatic heterocycles. The zero-order valence-corrected chi connectivity index (χ0v) is 12.2. The van der Waals surface area contributed by atoms with Crippen LogP contribution in [0.5, 0.6) is 0 Å². The van der Waals surface area contributed by atoms with Crippen molar-refractivity contribution in [1.29, 1.82) is 0 Å². The van der Waals surface area contributed by atoms with Crippen LogP contribution in [0.3, 0.4) is 0 Å². The Labute approximate surface area is 112 Å². The van der Waals surface area contributed by atoms with Crippen molar-refractivity contribution in [2.75, 3.05) is 0 Å². The molecule has 0 fully saturated rings. The van der Waals surface area contributed by atoms with E-state index in [0.29, 0.717) is 15.7 Å². The smallest absolute Gasteiger partial charge is 0.143 e. The summed E-state index contributed by atoms with van der Waals surface area (Å²) in [5, 5.41) is 0. The molecule has 0 aliphatic carbocycles. The largest absolute Gasteiger partial charge is 0.207 e. The van der Waals surface area contributed by atoms with Gasteiger partial charge in [0.15, 0.2) is 0 Å². The molecule has 0 bridgehead atoms. The van der Waals surface area contributed by atoms with Crippen LogP contribution in [0.25, 0.3) is 0 Å². The zero-order chi connectivity index (χ0) is 12.1. The minimum Gasteiger partial charge on any atom is -0.207 e. The van der Waals surface area contributed by atoms with Crippen molar-refractivity contribution >= 4 is 31.9 Å². The van der Waals surface area contributed by atoms with E-state index in [2.05, 4.69) is 38.8 Å². The van der Waals surface area contributed by atoms with Crippen molar-refractivity contribution in [3.63, 3.8) is 0 Å². The molecule has 0 aliphatic rings. The number of hydrogen-bond acceptors (Lipinski definition) is 0. The summed E-state index contributed by atoms with van der Waals surface area (Å²) in [6, 6.07) is 2.69. The van der Waals surface area contributed by atoms with E-state index >= 15 is 0 Å². The average molecular weight is 356 g/mol. The molecule has 90 valence electrons. The Morgan fingerprint density at radius 1 is 1.25 bits per heavy atom. The Morgan fingerprint density at radius 2 is 1.94 bits per heavy atom. The van der Waals surface area contributed by atoms with Gasteiger partial charge in [0.05, 0.1) is 4.47 Å². The molecule has 0 saturated heterocycles. The lowest BCUT2D eigenvalue weighted by atomic mass is 10.1. The number of benzene rings is 1. The molecule has 16 heavy (non-hydrogen) atoms. The number of rotatable bonds is 5. The van der Waals surface area contributed by atoms with E-state index in [0.717, 1.165) is 19.3 Å². The summed E-state index contributed by atoms with van der Waals surface area (Å²) < 4.78 is 27.3. The minimum atomic E-state index is -0.476. The molecular formula is C12H14Br2F2. The summed E-state index contributed by atoms with van der Waals surface area (Å²) in [7, 11) is 0. The minimum absolute atomic E-state index is 0.176. The molecule has 1 unspecified atom stereocenters. The normalized spacial score (nSPS) is 12.8. The van der Waals surface area contributed by atoms with Gasteiger partial charge in [-0.1, -0.05) is 29.3 Å². The Hall–Kier alpha value is 0.0400. The SMILES string of the molecule is CCCC(Br)CCc1c(F)ccc(Br)c1F. The van der Waals surface area contributed by atoms with E-state index in [-0.39, 0.29) is 5.56 Å². The van der Waals surface area contributed by atoms with Crippen molar-refractivity contribution in [2.45, 2.75) is 37.4 Å². The van der Waals surface area contributed by atoms with Gasteiger partial charge in [-0.2, -0.15) is 0 Å². The van der Waals surface area contributed by atoms with Gasteiger partial charge in [-0.05, 0) is 47.3 Å². The molecule has 0 amide bonds. The van der Waals surface area contributed by atoms with Crippen LogP contribution in [0, 0.1) is 11.6 Å². The lowest BCUT2D eigenvalue weighted by molar-refractivity contribution is 0.542. The number of alkyl halides is 1. The number of hydrogen-bond donors (Lipinski definition) is 0. The average Bonchev–Trinajstić information content (AvgIpc) is 2.24. The molecule has 1 rings (SSSR count). The number of halogens is 4. The van der Waals surface area contributed by atoms with Crippen molar-refractivity contribution in [3.8, 4) is 0 Å². The quantitative estimate of drug-likeness (QED) is 0.501. The van der Waals surface area contributed by atoms with Gasteiger partial charge in [-0.25, -0.2) is 8.78 Å². The third-order valence-corrected chi connectivity index (χ3v) is 3.98. The van der Waals surface area contributed by atoms with Crippen LogP contribution < -0.4 is 0 Å². The highest BCUT2D eigenvalue weighted by Crippen LogP contribution is 2.24. The maximum Gasteiger partial charge on any atom is 0.143 e. The first-order chi connectivity index (χ1) is 7.56. The van der Waals surface area contributed by atoms with Crippen molar-refractivity contribution in [1.82, 2.24) is 0 Å². The van der Waals surface area contributed by atoms with Crippen LogP contribution in [0.1, 0.15) is 31.7 Å². The van der Waals surface area contributed by atoms with Gasteiger partial charge in [-0.3, -0.25) is 0 Å². The zero-order valence-electron chi connectivity index (χ0n) is 9.07. The van der Waals surface area contributed by atoms with Crippen molar-refractivity contribution in [3.05, 3.63) is 33.8 Å². The Balaban J connectivity index is 2.70. The molecule has 0 saturated carbocycles. The molecule has 0 aromatic heterocycles. The Kier molecular flexibility index (Phi) is 5.90. The lowest BCUT2D eigenvalue weighted by Gasteiger charge is -2.10. The first-order valence-corrected chi connectivity index (χ1v) is 7.03. The Morgan fingerprint density at radius 3 is 2.56 bits per heavy atom. The monoisotopic (exact) mass is 354 g/mol. The summed E-state index contributed by atoms with van der Waals surface area (Å²) in [6.45, 7) is 2.09. The summed E-state index contributed by atoms with van der Waals surface area (Å²) >= 11 is 6.57. The summed E-state index contributed by atoms with van der Waals surface area (Å²) in [5.41, 5.74) is 0.176. The predicted octanol–water partition coefficient (Wildman–Crippen LogP) is 5.22. The first kappa shape index (κ1) is 14.1. The second-order valence-corrected chi connectivity index (χ2v) is 5.90. The molecule has 4 heteroatoms.